The molecule has 0 aromatic rings. The molecule has 0 unspecified atom stereocenters. The second kappa shape index (κ2) is 4.21. The summed E-state index contributed by atoms with van der Waals surface area (Å²) in [5, 5.41) is 0. The van der Waals surface area contributed by atoms with Crippen molar-refractivity contribution in [3.8, 4) is 0 Å². The molecule has 3 rings (SSSR count). The highest BCUT2D eigenvalue weighted by molar-refractivity contribution is 5.77. The molecular formula is C13H16O6. The summed E-state index contributed by atoms with van der Waals surface area (Å²) in [6.45, 7) is 3.05. The molecule has 0 amide bonds. The first-order valence-electron chi connectivity index (χ1n) is 6.50. The molecule has 2 bridgehead atoms. The average molecular weight is 268 g/mol. The summed E-state index contributed by atoms with van der Waals surface area (Å²) in [6.07, 6.45) is -0.0364. The Labute approximate surface area is 110 Å². The Morgan fingerprint density at radius 2 is 1.84 bits per heavy atom. The van der Waals surface area contributed by atoms with Crippen molar-refractivity contribution in [2.24, 2.45) is 23.7 Å². The summed E-state index contributed by atoms with van der Waals surface area (Å²) in [5.41, 5.74) is 0. The Morgan fingerprint density at radius 1 is 1.16 bits per heavy atom. The number of hydrogen-bond donors (Lipinski definition) is 0. The van der Waals surface area contributed by atoms with Crippen LogP contribution < -0.4 is 0 Å². The van der Waals surface area contributed by atoms with Gasteiger partial charge in [0.15, 0.2) is 0 Å². The summed E-state index contributed by atoms with van der Waals surface area (Å²) in [4.78, 5) is 34.1. The van der Waals surface area contributed by atoms with Crippen molar-refractivity contribution in [2.75, 3.05) is 6.61 Å². The van der Waals surface area contributed by atoms with Gasteiger partial charge in [0.25, 0.3) is 0 Å². The van der Waals surface area contributed by atoms with Gasteiger partial charge in [0, 0.05) is 31.6 Å². The monoisotopic (exact) mass is 268 g/mol. The molecular weight excluding hydrogens is 252 g/mol. The van der Waals surface area contributed by atoms with Crippen LogP contribution >= 0.6 is 0 Å². The lowest BCUT2D eigenvalue weighted by molar-refractivity contribution is -0.155. The molecule has 0 radical (unpaired) electrons. The minimum atomic E-state index is -0.364. The standard InChI is InChI=1S/C13H16O6/c1-5(14)18-9-3-7-10-8(4-17-13(10)16)11(9)12(7)19-6(2)15/h7-12H,3-4H2,1-2H3/t7-,8-,9-,10+,11+,12+/m0/s1. The van der Waals surface area contributed by atoms with Gasteiger partial charge in [-0.2, -0.15) is 0 Å². The zero-order valence-electron chi connectivity index (χ0n) is 10.8. The van der Waals surface area contributed by atoms with Crippen LogP contribution in [0.4, 0.5) is 0 Å². The first kappa shape index (κ1) is 12.4. The minimum Gasteiger partial charge on any atom is -0.465 e. The summed E-state index contributed by atoms with van der Waals surface area (Å²) in [7, 11) is 0. The smallest absolute Gasteiger partial charge is 0.309 e. The first-order valence-corrected chi connectivity index (χ1v) is 6.50. The quantitative estimate of drug-likeness (QED) is 0.529. The third kappa shape index (κ3) is 1.81. The summed E-state index contributed by atoms with van der Waals surface area (Å²) in [6, 6.07) is 0. The highest BCUT2D eigenvalue weighted by atomic mass is 16.6. The van der Waals surface area contributed by atoms with Crippen LogP contribution in [0.3, 0.4) is 0 Å². The van der Waals surface area contributed by atoms with E-state index in [1.54, 1.807) is 0 Å². The van der Waals surface area contributed by atoms with Gasteiger partial charge in [0.1, 0.15) is 12.2 Å². The highest BCUT2D eigenvalue weighted by Gasteiger charge is 2.66. The normalized spacial score (nSPS) is 42.7. The number of cyclic esters (lactones) is 1. The van der Waals surface area contributed by atoms with Crippen LogP contribution in [-0.4, -0.2) is 36.7 Å². The number of rotatable bonds is 2. The van der Waals surface area contributed by atoms with E-state index in [0.717, 1.165) is 0 Å². The van der Waals surface area contributed by atoms with Crippen molar-refractivity contribution in [3.05, 3.63) is 0 Å². The number of hydrogen-bond acceptors (Lipinski definition) is 6. The fourth-order valence-corrected chi connectivity index (χ4v) is 4.02. The van der Waals surface area contributed by atoms with Crippen LogP contribution in [0.25, 0.3) is 0 Å². The number of carbonyl (C=O) groups is 3. The third-order valence-corrected chi connectivity index (χ3v) is 4.46. The van der Waals surface area contributed by atoms with Crippen LogP contribution in [0, 0.1) is 23.7 Å². The number of esters is 3. The lowest BCUT2D eigenvalue weighted by Crippen LogP contribution is -2.35. The van der Waals surface area contributed by atoms with Crippen molar-refractivity contribution in [2.45, 2.75) is 32.5 Å². The molecule has 3 aliphatic rings. The van der Waals surface area contributed by atoms with Gasteiger partial charge in [-0.3, -0.25) is 14.4 Å². The number of carbonyl (C=O) groups excluding carboxylic acids is 3. The molecule has 1 heterocycles. The van der Waals surface area contributed by atoms with Gasteiger partial charge < -0.3 is 14.2 Å². The highest BCUT2D eigenvalue weighted by Crippen LogP contribution is 2.57. The lowest BCUT2D eigenvalue weighted by Gasteiger charge is -2.27. The van der Waals surface area contributed by atoms with Crippen LogP contribution in [0.15, 0.2) is 0 Å². The van der Waals surface area contributed by atoms with Gasteiger partial charge in [-0.05, 0) is 6.42 Å². The molecule has 2 saturated carbocycles. The van der Waals surface area contributed by atoms with Crippen LogP contribution in [0.2, 0.25) is 0 Å². The first-order chi connectivity index (χ1) is 8.99. The Balaban J connectivity index is 1.85. The Hall–Kier alpha value is -1.59. The molecule has 2 aliphatic carbocycles. The summed E-state index contributed by atoms with van der Waals surface area (Å²) in [5.74, 6) is -1.33. The van der Waals surface area contributed by atoms with E-state index in [0.29, 0.717) is 13.0 Å². The van der Waals surface area contributed by atoms with Gasteiger partial charge in [-0.25, -0.2) is 0 Å². The fraction of sp³-hybridized carbons (Fsp3) is 0.769. The molecule has 3 fully saturated rings. The zero-order valence-corrected chi connectivity index (χ0v) is 10.8. The van der Waals surface area contributed by atoms with Crippen molar-refractivity contribution < 1.29 is 28.6 Å². The molecule has 0 N–H and O–H groups in total. The van der Waals surface area contributed by atoms with Gasteiger partial charge >= 0.3 is 17.9 Å². The van der Waals surface area contributed by atoms with Crippen LogP contribution in [0.5, 0.6) is 0 Å². The number of fused-ring (bicyclic) bond motifs is 5. The van der Waals surface area contributed by atoms with Gasteiger partial charge in [-0.15, -0.1) is 0 Å². The summed E-state index contributed by atoms with van der Waals surface area (Å²) >= 11 is 0. The zero-order chi connectivity index (χ0) is 13.7. The van der Waals surface area contributed by atoms with Crippen molar-refractivity contribution in [1.82, 2.24) is 0 Å². The lowest BCUT2D eigenvalue weighted by atomic mass is 9.80. The van der Waals surface area contributed by atoms with Crippen molar-refractivity contribution >= 4 is 17.9 Å². The minimum absolute atomic E-state index is 0.0000463. The Morgan fingerprint density at radius 3 is 2.47 bits per heavy atom. The predicted octanol–water partition coefficient (Wildman–Crippen LogP) is 0.289. The molecule has 6 nitrogen and oxygen atoms in total. The fourth-order valence-electron chi connectivity index (χ4n) is 4.02. The van der Waals surface area contributed by atoms with Crippen LogP contribution in [0.1, 0.15) is 20.3 Å². The molecule has 0 spiro atoms. The molecule has 0 aromatic heterocycles. The largest absolute Gasteiger partial charge is 0.465 e. The Bertz CT molecular complexity index is 444. The Kier molecular flexibility index (Phi) is 2.76. The molecule has 0 aromatic carbocycles. The maximum Gasteiger partial charge on any atom is 0.309 e. The third-order valence-electron chi connectivity index (χ3n) is 4.46. The van der Waals surface area contributed by atoms with E-state index in [1.165, 1.54) is 13.8 Å². The maximum atomic E-state index is 11.7. The number of ether oxygens (including phenoxy) is 3. The second-order valence-electron chi connectivity index (χ2n) is 5.52. The van der Waals surface area contributed by atoms with E-state index in [2.05, 4.69) is 0 Å². The van der Waals surface area contributed by atoms with E-state index in [-0.39, 0.29) is 53.8 Å². The van der Waals surface area contributed by atoms with Gasteiger partial charge in [0.2, 0.25) is 0 Å². The molecule has 6 heteroatoms. The molecule has 1 saturated heterocycles. The predicted molar refractivity (Wildman–Crippen MR) is 60.6 cm³/mol. The SMILES string of the molecule is CC(=O)O[C@@H]1[C@H]2C[C@H](OC(C)=O)[C@H]1[C@H]1COC(=O)[C@H]21. The van der Waals surface area contributed by atoms with Gasteiger partial charge in [0.05, 0.1) is 12.5 Å². The van der Waals surface area contributed by atoms with E-state index < -0.39 is 0 Å². The van der Waals surface area contributed by atoms with E-state index in [1.807, 2.05) is 0 Å². The van der Waals surface area contributed by atoms with Gasteiger partial charge in [-0.1, -0.05) is 0 Å². The molecule has 1 aliphatic heterocycles. The molecule has 19 heavy (non-hydrogen) atoms. The van der Waals surface area contributed by atoms with E-state index in [4.69, 9.17) is 14.2 Å². The van der Waals surface area contributed by atoms with Crippen molar-refractivity contribution in [3.63, 3.8) is 0 Å². The topological polar surface area (TPSA) is 78.9 Å². The molecule has 104 valence electrons. The molecule has 6 atom stereocenters. The maximum absolute atomic E-state index is 11.7. The van der Waals surface area contributed by atoms with E-state index in [9.17, 15) is 14.4 Å². The van der Waals surface area contributed by atoms with Crippen LogP contribution in [-0.2, 0) is 28.6 Å². The van der Waals surface area contributed by atoms with E-state index >= 15 is 0 Å². The van der Waals surface area contributed by atoms with Crippen molar-refractivity contribution in [1.29, 1.82) is 0 Å². The second-order valence-corrected chi connectivity index (χ2v) is 5.52. The summed E-state index contributed by atoms with van der Waals surface area (Å²) < 4.78 is 15.7. The average Bonchev–Trinajstić information content (AvgIpc) is 2.89.